The molecule has 1 saturated heterocycles. The lowest BCUT2D eigenvalue weighted by Gasteiger charge is -2.27. The van der Waals surface area contributed by atoms with Gasteiger partial charge in [0, 0.05) is 0 Å². The van der Waals surface area contributed by atoms with Gasteiger partial charge in [-0.2, -0.15) is 0 Å². The second-order valence-corrected chi connectivity index (χ2v) is 5.41. The molecule has 23 heavy (non-hydrogen) atoms. The summed E-state index contributed by atoms with van der Waals surface area (Å²) in [6.45, 7) is 2.34. The van der Waals surface area contributed by atoms with Crippen molar-refractivity contribution in [2.75, 3.05) is 26.2 Å². The van der Waals surface area contributed by atoms with Gasteiger partial charge in [0.05, 0.1) is 19.5 Å². The van der Waals surface area contributed by atoms with Crippen molar-refractivity contribution in [3.05, 3.63) is 35.9 Å². The molecule has 0 aromatic heterocycles. The maximum absolute atomic E-state index is 12.0. The van der Waals surface area contributed by atoms with Gasteiger partial charge in [-0.25, -0.2) is 4.79 Å². The van der Waals surface area contributed by atoms with Crippen molar-refractivity contribution in [1.29, 1.82) is 0 Å². The summed E-state index contributed by atoms with van der Waals surface area (Å²) in [4.78, 5) is 24.1. The van der Waals surface area contributed by atoms with Gasteiger partial charge in [-0.05, 0) is 5.56 Å². The molecule has 1 aliphatic rings. The van der Waals surface area contributed by atoms with Crippen LogP contribution in [-0.4, -0.2) is 65.1 Å². The molecular formula is C16H22N3O4+. The van der Waals surface area contributed by atoms with Gasteiger partial charge in [0.15, 0.2) is 0 Å². The normalized spacial score (nSPS) is 15.9. The number of carbonyl (C=O) groups is 2. The van der Waals surface area contributed by atoms with Crippen LogP contribution < -0.4 is 5.73 Å². The lowest BCUT2D eigenvalue weighted by molar-refractivity contribution is -0.540. The van der Waals surface area contributed by atoms with Gasteiger partial charge in [0.1, 0.15) is 32.1 Å². The van der Waals surface area contributed by atoms with Crippen molar-refractivity contribution in [3.63, 3.8) is 0 Å². The van der Waals surface area contributed by atoms with E-state index in [0.717, 1.165) is 5.56 Å². The van der Waals surface area contributed by atoms with Crippen LogP contribution in [0.5, 0.6) is 0 Å². The highest BCUT2D eigenvalue weighted by Crippen LogP contribution is 2.05. The van der Waals surface area contributed by atoms with E-state index in [2.05, 4.69) is 0 Å². The standard InChI is InChI=1S/C16H21N3O4/c17-15(10-14(21)11-20)18-6-8-19(9-7-18)16(22)23-12-13-4-2-1-3-5-13/h1-5,11,14,17,21H,6-10,12H2/p+1. The number of amides is 1. The van der Waals surface area contributed by atoms with E-state index >= 15 is 0 Å². The molecule has 1 unspecified atom stereocenters. The highest BCUT2D eigenvalue weighted by atomic mass is 16.6. The van der Waals surface area contributed by atoms with Crippen LogP contribution in [-0.2, 0) is 16.1 Å². The summed E-state index contributed by atoms with van der Waals surface area (Å²) in [6, 6.07) is 9.51. The van der Waals surface area contributed by atoms with Crippen LogP contribution in [0.15, 0.2) is 30.3 Å². The lowest BCUT2D eigenvalue weighted by Crippen LogP contribution is -2.48. The first kappa shape index (κ1) is 17.0. The number of piperazine rings is 1. The van der Waals surface area contributed by atoms with Crippen LogP contribution in [0.4, 0.5) is 4.79 Å². The number of aldehydes is 1. The lowest BCUT2D eigenvalue weighted by atomic mass is 10.2. The summed E-state index contributed by atoms with van der Waals surface area (Å²) < 4.78 is 7.16. The number of nitrogens with two attached hydrogens (primary N) is 1. The molecule has 2 rings (SSSR count). The van der Waals surface area contributed by atoms with E-state index in [9.17, 15) is 14.7 Å². The Balaban J connectivity index is 1.80. The van der Waals surface area contributed by atoms with Crippen LogP contribution in [0.3, 0.4) is 0 Å². The third-order valence-electron chi connectivity index (χ3n) is 3.72. The van der Waals surface area contributed by atoms with E-state index in [1.807, 2.05) is 34.9 Å². The Kier molecular flexibility index (Phi) is 6.10. The third kappa shape index (κ3) is 5.07. The van der Waals surface area contributed by atoms with Gasteiger partial charge in [-0.15, -0.1) is 0 Å². The number of rotatable bonds is 5. The van der Waals surface area contributed by atoms with Crippen molar-refractivity contribution in [3.8, 4) is 0 Å². The SMILES string of the molecule is NC(CC(O)C=O)=[N+]1CCN(C(=O)OCc2ccccc2)CC1. The monoisotopic (exact) mass is 320 g/mol. The van der Waals surface area contributed by atoms with E-state index in [1.54, 1.807) is 4.90 Å². The van der Waals surface area contributed by atoms with E-state index in [4.69, 9.17) is 10.5 Å². The largest absolute Gasteiger partial charge is 0.445 e. The van der Waals surface area contributed by atoms with Gasteiger partial charge in [0.25, 0.3) is 0 Å². The summed E-state index contributed by atoms with van der Waals surface area (Å²) in [5, 5.41) is 9.30. The smallest absolute Gasteiger partial charge is 0.410 e. The zero-order chi connectivity index (χ0) is 16.7. The minimum atomic E-state index is -1.08. The molecule has 1 amide bonds. The average Bonchev–Trinajstić information content (AvgIpc) is 2.60. The zero-order valence-electron chi connectivity index (χ0n) is 12.9. The van der Waals surface area contributed by atoms with Crippen LogP contribution >= 0.6 is 0 Å². The number of hydrogen-bond acceptors (Lipinski definition) is 4. The molecule has 7 heteroatoms. The number of hydrogen-bond donors (Lipinski definition) is 2. The van der Waals surface area contributed by atoms with Crippen LogP contribution in [0.25, 0.3) is 0 Å². The molecule has 7 nitrogen and oxygen atoms in total. The van der Waals surface area contributed by atoms with Crippen molar-refractivity contribution < 1.29 is 24.0 Å². The van der Waals surface area contributed by atoms with Crippen LogP contribution in [0.1, 0.15) is 12.0 Å². The zero-order valence-corrected chi connectivity index (χ0v) is 12.9. The first-order chi connectivity index (χ1) is 11.1. The Bertz CT molecular complexity index is 564. The van der Waals surface area contributed by atoms with Gasteiger partial charge < -0.3 is 19.5 Å². The van der Waals surface area contributed by atoms with Gasteiger partial charge in [0.2, 0.25) is 5.84 Å². The molecule has 1 aliphatic heterocycles. The summed E-state index contributed by atoms with van der Waals surface area (Å²) in [7, 11) is 0. The molecule has 0 aliphatic carbocycles. The molecule has 1 aromatic rings. The van der Waals surface area contributed by atoms with E-state index in [-0.39, 0.29) is 19.1 Å². The summed E-state index contributed by atoms with van der Waals surface area (Å²) in [5.41, 5.74) is 6.81. The van der Waals surface area contributed by atoms with Crippen LogP contribution in [0, 0.1) is 0 Å². The van der Waals surface area contributed by atoms with Gasteiger partial charge >= 0.3 is 6.09 Å². The molecule has 1 aromatic carbocycles. The molecule has 1 atom stereocenters. The molecule has 0 spiro atoms. The van der Waals surface area contributed by atoms with Crippen molar-refractivity contribution >= 4 is 18.2 Å². The number of amidine groups is 1. The highest BCUT2D eigenvalue weighted by Gasteiger charge is 2.24. The Hall–Kier alpha value is -2.41. The third-order valence-corrected chi connectivity index (χ3v) is 3.72. The predicted octanol–water partition coefficient (Wildman–Crippen LogP) is -0.0416. The minimum absolute atomic E-state index is 0.113. The molecule has 3 N–H and O–H groups in total. The Morgan fingerprint density at radius 3 is 2.61 bits per heavy atom. The van der Waals surface area contributed by atoms with Crippen molar-refractivity contribution in [2.24, 2.45) is 5.73 Å². The average molecular weight is 320 g/mol. The fourth-order valence-corrected chi connectivity index (χ4v) is 2.38. The number of carbonyl (C=O) groups excluding carboxylic acids is 2. The Labute approximate surface area is 135 Å². The quantitative estimate of drug-likeness (QED) is 0.451. The predicted molar refractivity (Wildman–Crippen MR) is 84.1 cm³/mol. The Morgan fingerprint density at radius 2 is 2.00 bits per heavy atom. The number of ether oxygens (including phenoxy) is 1. The molecule has 0 saturated carbocycles. The molecular weight excluding hydrogens is 298 g/mol. The summed E-state index contributed by atoms with van der Waals surface area (Å²) >= 11 is 0. The number of aliphatic hydroxyl groups excluding tert-OH is 1. The second kappa shape index (κ2) is 8.28. The first-order valence-electron chi connectivity index (χ1n) is 7.55. The fraction of sp³-hybridized carbons (Fsp3) is 0.438. The van der Waals surface area contributed by atoms with Crippen LogP contribution in [0.2, 0.25) is 0 Å². The van der Waals surface area contributed by atoms with Gasteiger partial charge in [-0.1, -0.05) is 30.3 Å². The topological polar surface area (TPSA) is 95.9 Å². The first-order valence-corrected chi connectivity index (χ1v) is 7.55. The van der Waals surface area contributed by atoms with E-state index in [0.29, 0.717) is 38.3 Å². The fourth-order valence-electron chi connectivity index (χ4n) is 2.38. The van der Waals surface area contributed by atoms with Crippen molar-refractivity contribution in [1.82, 2.24) is 4.90 Å². The molecule has 1 heterocycles. The number of benzene rings is 1. The van der Waals surface area contributed by atoms with Crippen molar-refractivity contribution in [2.45, 2.75) is 19.1 Å². The highest BCUT2D eigenvalue weighted by molar-refractivity contribution is 5.79. The van der Waals surface area contributed by atoms with E-state index in [1.165, 1.54) is 0 Å². The molecule has 1 fully saturated rings. The minimum Gasteiger partial charge on any atom is -0.445 e. The number of nitrogens with zero attached hydrogens (tertiary/aromatic N) is 2. The second-order valence-electron chi connectivity index (χ2n) is 5.41. The number of aliphatic hydroxyl groups is 1. The molecule has 0 radical (unpaired) electrons. The van der Waals surface area contributed by atoms with E-state index < -0.39 is 6.10 Å². The maximum Gasteiger partial charge on any atom is 0.410 e. The Morgan fingerprint density at radius 1 is 1.35 bits per heavy atom. The molecule has 124 valence electrons. The summed E-state index contributed by atoms with van der Waals surface area (Å²) in [5.74, 6) is 0.460. The van der Waals surface area contributed by atoms with Gasteiger partial charge in [-0.3, -0.25) is 10.3 Å². The summed E-state index contributed by atoms with van der Waals surface area (Å²) in [6.07, 6.45) is -0.852. The molecule has 0 bridgehead atoms. The maximum atomic E-state index is 12.0.